The van der Waals surface area contributed by atoms with Gasteiger partial charge in [-0.3, -0.25) is 9.59 Å². The number of carbonyl (C=O) groups excluding carboxylic acids is 2. The second-order valence-corrected chi connectivity index (χ2v) is 4.26. The van der Waals surface area contributed by atoms with Gasteiger partial charge in [-0.1, -0.05) is 12.1 Å². The van der Waals surface area contributed by atoms with Crippen molar-refractivity contribution < 1.29 is 14.3 Å². The Morgan fingerprint density at radius 3 is 2.29 bits per heavy atom. The first-order valence-electron chi connectivity index (χ1n) is 5.71. The number of imide groups is 1. The summed E-state index contributed by atoms with van der Waals surface area (Å²) < 4.78 is 5.61. The van der Waals surface area contributed by atoms with Crippen molar-refractivity contribution in [2.75, 3.05) is 4.90 Å². The van der Waals surface area contributed by atoms with Crippen molar-refractivity contribution in [3.05, 3.63) is 24.3 Å². The highest BCUT2D eigenvalue weighted by Crippen LogP contribution is 2.32. The fourth-order valence-electron chi connectivity index (χ4n) is 1.84. The third kappa shape index (κ3) is 2.30. The summed E-state index contributed by atoms with van der Waals surface area (Å²) in [6.07, 6.45) is 0.577. The Morgan fingerprint density at radius 2 is 1.71 bits per heavy atom. The van der Waals surface area contributed by atoms with E-state index in [9.17, 15) is 9.59 Å². The van der Waals surface area contributed by atoms with E-state index < -0.39 is 0 Å². The normalized spacial score (nSPS) is 15.8. The lowest BCUT2D eigenvalue weighted by molar-refractivity contribution is -0.121. The zero-order valence-electron chi connectivity index (χ0n) is 9.97. The van der Waals surface area contributed by atoms with Gasteiger partial charge in [-0.05, 0) is 26.0 Å². The Kier molecular flexibility index (Phi) is 3.13. The number of nitrogens with zero attached hydrogens (tertiary/aromatic N) is 1. The molecule has 1 saturated heterocycles. The molecule has 4 heteroatoms. The summed E-state index contributed by atoms with van der Waals surface area (Å²) in [6, 6.07) is 7.13. The monoisotopic (exact) mass is 233 g/mol. The van der Waals surface area contributed by atoms with E-state index in [1.807, 2.05) is 19.9 Å². The summed E-state index contributed by atoms with van der Waals surface area (Å²) in [5.74, 6) is 0.260. The molecule has 1 aliphatic heterocycles. The number of anilines is 1. The van der Waals surface area contributed by atoms with Crippen LogP contribution in [0.3, 0.4) is 0 Å². The van der Waals surface area contributed by atoms with Gasteiger partial charge in [-0.15, -0.1) is 0 Å². The molecule has 0 radical (unpaired) electrons. The van der Waals surface area contributed by atoms with Crippen LogP contribution >= 0.6 is 0 Å². The average Bonchev–Trinajstić information content (AvgIpc) is 2.59. The Bertz CT molecular complexity index is 438. The molecule has 0 saturated carbocycles. The number of para-hydroxylation sites is 2. The highest BCUT2D eigenvalue weighted by molar-refractivity contribution is 6.20. The van der Waals surface area contributed by atoms with Crippen LogP contribution in [0, 0.1) is 0 Å². The molecule has 0 atom stereocenters. The molecule has 1 aromatic carbocycles. The maximum atomic E-state index is 11.7. The van der Waals surface area contributed by atoms with Crippen LogP contribution in [0.15, 0.2) is 24.3 Å². The minimum absolute atomic E-state index is 0.00366. The zero-order valence-corrected chi connectivity index (χ0v) is 9.97. The molecule has 1 aromatic rings. The van der Waals surface area contributed by atoms with Gasteiger partial charge in [-0.25, -0.2) is 4.90 Å². The van der Waals surface area contributed by atoms with Crippen molar-refractivity contribution in [2.45, 2.75) is 32.8 Å². The largest absolute Gasteiger partial charge is 0.489 e. The van der Waals surface area contributed by atoms with Gasteiger partial charge >= 0.3 is 0 Å². The molecule has 0 spiro atoms. The van der Waals surface area contributed by atoms with Gasteiger partial charge in [-0.2, -0.15) is 0 Å². The number of carbonyl (C=O) groups is 2. The molecule has 90 valence electrons. The summed E-state index contributed by atoms with van der Waals surface area (Å²) in [7, 11) is 0. The summed E-state index contributed by atoms with van der Waals surface area (Å²) >= 11 is 0. The molecule has 0 N–H and O–H groups in total. The van der Waals surface area contributed by atoms with Gasteiger partial charge in [0.25, 0.3) is 0 Å². The van der Waals surface area contributed by atoms with Crippen LogP contribution in [-0.2, 0) is 9.59 Å². The van der Waals surface area contributed by atoms with Crippen molar-refractivity contribution in [2.24, 2.45) is 0 Å². The Balaban J connectivity index is 2.37. The van der Waals surface area contributed by atoms with Crippen LogP contribution in [0.25, 0.3) is 0 Å². The third-order valence-electron chi connectivity index (χ3n) is 2.52. The van der Waals surface area contributed by atoms with Gasteiger partial charge in [0.05, 0.1) is 11.8 Å². The lowest BCUT2D eigenvalue weighted by Gasteiger charge is -2.19. The molecule has 0 unspecified atom stereocenters. The van der Waals surface area contributed by atoms with E-state index >= 15 is 0 Å². The van der Waals surface area contributed by atoms with Crippen LogP contribution in [0.4, 0.5) is 5.69 Å². The van der Waals surface area contributed by atoms with Crippen LogP contribution in [0.2, 0.25) is 0 Å². The molecule has 0 aromatic heterocycles. The Morgan fingerprint density at radius 1 is 1.12 bits per heavy atom. The van der Waals surface area contributed by atoms with Gasteiger partial charge in [0.15, 0.2) is 0 Å². The number of rotatable bonds is 3. The summed E-state index contributed by atoms with van der Waals surface area (Å²) in [5.41, 5.74) is 0.550. The number of ether oxygens (including phenoxy) is 1. The lowest BCUT2D eigenvalue weighted by atomic mass is 10.2. The van der Waals surface area contributed by atoms with Gasteiger partial charge < -0.3 is 4.74 Å². The standard InChI is InChI=1S/C13H15NO3/c1-9(2)17-11-6-4-3-5-10(11)14-12(15)7-8-13(14)16/h3-6,9H,7-8H2,1-2H3. The molecule has 1 fully saturated rings. The van der Waals surface area contributed by atoms with Gasteiger partial charge in [0, 0.05) is 12.8 Å². The molecule has 2 rings (SSSR count). The predicted molar refractivity (Wildman–Crippen MR) is 63.9 cm³/mol. The molecule has 17 heavy (non-hydrogen) atoms. The molecule has 0 aliphatic carbocycles. The highest BCUT2D eigenvalue weighted by Gasteiger charge is 2.32. The maximum Gasteiger partial charge on any atom is 0.234 e. The zero-order chi connectivity index (χ0) is 12.4. The van der Waals surface area contributed by atoms with Crippen LogP contribution in [-0.4, -0.2) is 17.9 Å². The minimum atomic E-state index is -0.158. The van der Waals surface area contributed by atoms with E-state index in [0.29, 0.717) is 11.4 Å². The summed E-state index contributed by atoms with van der Waals surface area (Å²) in [5, 5.41) is 0. The van der Waals surface area contributed by atoms with E-state index in [4.69, 9.17) is 4.74 Å². The molecule has 4 nitrogen and oxygen atoms in total. The van der Waals surface area contributed by atoms with Crippen LogP contribution < -0.4 is 9.64 Å². The fourth-order valence-corrected chi connectivity index (χ4v) is 1.84. The Labute approximate surface area is 100 Å². The number of benzene rings is 1. The van der Waals surface area contributed by atoms with Crippen molar-refractivity contribution in [3.8, 4) is 5.75 Å². The van der Waals surface area contributed by atoms with Gasteiger partial charge in [0.1, 0.15) is 5.75 Å². The van der Waals surface area contributed by atoms with E-state index in [2.05, 4.69) is 0 Å². The highest BCUT2D eigenvalue weighted by atomic mass is 16.5. The molecular formula is C13H15NO3. The summed E-state index contributed by atoms with van der Waals surface area (Å²) in [4.78, 5) is 24.6. The van der Waals surface area contributed by atoms with Crippen molar-refractivity contribution in [3.63, 3.8) is 0 Å². The minimum Gasteiger partial charge on any atom is -0.489 e. The van der Waals surface area contributed by atoms with Crippen molar-refractivity contribution in [1.29, 1.82) is 0 Å². The first kappa shape index (κ1) is 11.6. The van der Waals surface area contributed by atoms with Crippen molar-refractivity contribution in [1.82, 2.24) is 0 Å². The summed E-state index contributed by atoms with van der Waals surface area (Å²) in [6.45, 7) is 3.81. The molecule has 0 bridgehead atoms. The maximum absolute atomic E-state index is 11.7. The lowest BCUT2D eigenvalue weighted by Crippen LogP contribution is -2.29. The second-order valence-electron chi connectivity index (χ2n) is 4.26. The van der Waals surface area contributed by atoms with E-state index in [1.165, 1.54) is 4.90 Å². The Hall–Kier alpha value is -1.84. The molecule has 1 heterocycles. The predicted octanol–water partition coefficient (Wildman–Crippen LogP) is 2.13. The van der Waals surface area contributed by atoms with Crippen LogP contribution in [0.5, 0.6) is 5.75 Å². The third-order valence-corrected chi connectivity index (χ3v) is 2.52. The molecule has 2 amide bonds. The number of hydrogen-bond donors (Lipinski definition) is 0. The topological polar surface area (TPSA) is 46.6 Å². The van der Waals surface area contributed by atoms with Gasteiger partial charge in [0.2, 0.25) is 11.8 Å². The molecule has 1 aliphatic rings. The molecular weight excluding hydrogens is 218 g/mol. The van der Waals surface area contributed by atoms with Crippen LogP contribution in [0.1, 0.15) is 26.7 Å². The second kappa shape index (κ2) is 4.57. The van der Waals surface area contributed by atoms with E-state index in [1.54, 1.807) is 18.2 Å². The quantitative estimate of drug-likeness (QED) is 0.751. The number of amides is 2. The average molecular weight is 233 g/mol. The first-order valence-corrected chi connectivity index (χ1v) is 5.71. The first-order chi connectivity index (χ1) is 8.09. The van der Waals surface area contributed by atoms with E-state index in [-0.39, 0.29) is 30.8 Å². The van der Waals surface area contributed by atoms with E-state index in [0.717, 1.165) is 0 Å². The number of hydrogen-bond acceptors (Lipinski definition) is 3. The fraction of sp³-hybridized carbons (Fsp3) is 0.385. The van der Waals surface area contributed by atoms with Crippen molar-refractivity contribution >= 4 is 17.5 Å². The smallest absolute Gasteiger partial charge is 0.234 e. The SMILES string of the molecule is CC(C)Oc1ccccc1N1C(=O)CCC1=O.